The van der Waals surface area contributed by atoms with Crippen molar-refractivity contribution in [1.82, 2.24) is 9.78 Å². The Morgan fingerprint density at radius 3 is 2.74 bits per heavy atom. The van der Waals surface area contributed by atoms with Crippen molar-refractivity contribution in [2.45, 2.75) is 38.0 Å². The Balaban J connectivity index is 2.27. The van der Waals surface area contributed by atoms with Crippen molar-refractivity contribution >= 4 is 16.5 Å². The topological polar surface area (TPSA) is 60.9 Å². The summed E-state index contributed by atoms with van der Waals surface area (Å²) in [6.45, 7) is 6.73. The van der Waals surface area contributed by atoms with Crippen molar-refractivity contribution in [2.75, 3.05) is 5.73 Å². The molecule has 2 N–H and O–H groups in total. The van der Waals surface area contributed by atoms with Gasteiger partial charge in [-0.2, -0.15) is 5.10 Å². The number of rotatable bonds is 4. The van der Waals surface area contributed by atoms with E-state index in [1.165, 1.54) is 0 Å². The van der Waals surface area contributed by atoms with E-state index in [-0.39, 0.29) is 0 Å². The van der Waals surface area contributed by atoms with Crippen LogP contribution >= 0.6 is 0 Å². The Hall–Kier alpha value is -1.62. The molecule has 1 atom stereocenters. The largest absolute Gasteiger partial charge is 0.398 e. The third-order valence-corrected chi connectivity index (χ3v) is 4.38. The van der Waals surface area contributed by atoms with Gasteiger partial charge in [-0.05, 0) is 44.5 Å². The smallest absolute Gasteiger partial charge is 0.0703 e. The van der Waals surface area contributed by atoms with E-state index in [2.05, 4.69) is 5.10 Å². The molecule has 0 bridgehead atoms. The number of anilines is 1. The predicted molar refractivity (Wildman–Crippen MR) is 78.3 cm³/mol. The van der Waals surface area contributed by atoms with Crippen LogP contribution in [0.1, 0.15) is 23.9 Å². The monoisotopic (exact) mass is 277 g/mol. The number of aryl methyl sites for hydroxylation is 3. The van der Waals surface area contributed by atoms with Crippen molar-refractivity contribution in [3.8, 4) is 0 Å². The Kier molecular flexibility index (Phi) is 4.04. The summed E-state index contributed by atoms with van der Waals surface area (Å²) in [6.07, 6.45) is 0. The lowest BCUT2D eigenvalue weighted by Crippen LogP contribution is -2.07. The molecule has 0 fully saturated rings. The highest BCUT2D eigenvalue weighted by Gasteiger charge is 2.13. The highest BCUT2D eigenvalue weighted by atomic mass is 32.2. The standard InChI is InChI=1S/C14H19N3OS/c1-4-17-12(8-11(3)16-17)9-19(18)14-7-10(2)5-6-13(14)15/h5-8H,4,9,15H2,1-3H3. The van der Waals surface area contributed by atoms with E-state index in [0.29, 0.717) is 16.3 Å². The summed E-state index contributed by atoms with van der Waals surface area (Å²) in [5, 5.41) is 4.37. The van der Waals surface area contributed by atoms with Gasteiger partial charge in [-0.1, -0.05) is 6.07 Å². The molecule has 0 spiro atoms. The van der Waals surface area contributed by atoms with Gasteiger partial charge in [0, 0.05) is 12.2 Å². The lowest BCUT2D eigenvalue weighted by molar-refractivity contribution is 0.627. The molecule has 1 unspecified atom stereocenters. The maximum absolute atomic E-state index is 12.5. The third-order valence-electron chi connectivity index (χ3n) is 2.98. The van der Waals surface area contributed by atoms with Gasteiger partial charge in [-0.3, -0.25) is 8.89 Å². The van der Waals surface area contributed by atoms with E-state index < -0.39 is 10.8 Å². The van der Waals surface area contributed by atoms with E-state index in [9.17, 15) is 4.21 Å². The van der Waals surface area contributed by atoms with Gasteiger partial charge in [-0.15, -0.1) is 0 Å². The summed E-state index contributed by atoms with van der Waals surface area (Å²) in [5.74, 6) is 0.447. The van der Waals surface area contributed by atoms with E-state index in [1.807, 2.05) is 49.7 Å². The summed E-state index contributed by atoms with van der Waals surface area (Å²) < 4.78 is 14.3. The Morgan fingerprint density at radius 1 is 1.32 bits per heavy atom. The molecular weight excluding hydrogens is 258 g/mol. The molecule has 0 aliphatic rings. The zero-order chi connectivity index (χ0) is 14.0. The van der Waals surface area contributed by atoms with E-state index in [0.717, 1.165) is 23.5 Å². The van der Waals surface area contributed by atoms with Gasteiger partial charge in [0.15, 0.2) is 0 Å². The number of nitrogen functional groups attached to an aromatic ring is 1. The van der Waals surface area contributed by atoms with Crippen LogP contribution in [-0.2, 0) is 23.1 Å². The molecule has 0 amide bonds. The van der Waals surface area contributed by atoms with Crippen LogP contribution in [0.25, 0.3) is 0 Å². The molecule has 0 aliphatic heterocycles. The van der Waals surface area contributed by atoms with Gasteiger partial charge in [-0.25, -0.2) is 0 Å². The van der Waals surface area contributed by atoms with Crippen molar-refractivity contribution in [3.05, 3.63) is 41.2 Å². The molecule has 1 aromatic heterocycles. The average Bonchev–Trinajstić information content (AvgIpc) is 2.72. The van der Waals surface area contributed by atoms with E-state index >= 15 is 0 Å². The molecule has 2 rings (SSSR count). The second-order valence-corrected chi connectivity index (χ2v) is 6.04. The highest BCUT2D eigenvalue weighted by Crippen LogP contribution is 2.21. The second-order valence-electron chi connectivity index (χ2n) is 4.62. The molecule has 19 heavy (non-hydrogen) atoms. The molecule has 2 aromatic rings. The quantitative estimate of drug-likeness (QED) is 0.873. The number of benzene rings is 1. The molecule has 5 heteroatoms. The lowest BCUT2D eigenvalue weighted by Gasteiger charge is -2.08. The second kappa shape index (κ2) is 5.57. The minimum atomic E-state index is -1.14. The third kappa shape index (κ3) is 3.04. The zero-order valence-corrected chi connectivity index (χ0v) is 12.3. The normalized spacial score (nSPS) is 12.6. The molecule has 0 saturated heterocycles. The minimum Gasteiger partial charge on any atom is -0.398 e. The van der Waals surface area contributed by atoms with Crippen LogP contribution in [0.5, 0.6) is 0 Å². The van der Waals surface area contributed by atoms with Crippen LogP contribution in [0.15, 0.2) is 29.2 Å². The number of hydrogen-bond donors (Lipinski definition) is 1. The van der Waals surface area contributed by atoms with Crippen molar-refractivity contribution in [1.29, 1.82) is 0 Å². The summed E-state index contributed by atoms with van der Waals surface area (Å²) in [7, 11) is -1.14. The number of aromatic nitrogens is 2. The molecule has 1 heterocycles. The van der Waals surface area contributed by atoms with Crippen LogP contribution in [0.2, 0.25) is 0 Å². The summed E-state index contributed by atoms with van der Waals surface area (Å²) in [5.41, 5.74) is 9.49. The maximum Gasteiger partial charge on any atom is 0.0703 e. The van der Waals surface area contributed by atoms with Gasteiger partial charge in [0.25, 0.3) is 0 Å². The Bertz CT molecular complexity index is 619. The van der Waals surface area contributed by atoms with Crippen LogP contribution in [-0.4, -0.2) is 14.0 Å². The molecule has 102 valence electrons. The zero-order valence-electron chi connectivity index (χ0n) is 11.5. The van der Waals surface area contributed by atoms with Gasteiger partial charge in [0.1, 0.15) is 0 Å². The fraction of sp³-hybridized carbons (Fsp3) is 0.357. The maximum atomic E-state index is 12.5. The summed E-state index contributed by atoms with van der Waals surface area (Å²) in [4.78, 5) is 0.710. The van der Waals surface area contributed by atoms with E-state index in [4.69, 9.17) is 5.73 Å². The van der Waals surface area contributed by atoms with Gasteiger partial charge >= 0.3 is 0 Å². The van der Waals surface area contributed by atoms with Gasteiger partial charge < -0.3 is 5.73 Å². The molecular formula is C14H19N3OS. The molecule has 1 aromatic carbocycles. The number of hydrogen-bond acceptors (Lipinski definition) is 3. The van der Waals surface area contributed by atoms with Crippen molar-refractivity contribution in [2.24, 2.45) is 0 Å². The van der Waals surface area contributed by atoms with Gasteiger partial charge in [0.2, 0.25) is 0 Å². The van der Waals surface area contributed by atoms with E-state index in [1.54, 1.807) is 0 Å². The fourth-order valence-electron chi connectivity index (χ4n) is 2.04. The highest BCUT2D eigenvalue weighted by molar-refractivity contribution is 7.84. The fourth-order valence-corrected chi connectivity index (χ4v) is 3.34. The Morgan fingerprint density at radius 2 is 2.05 bits per heavy atom. The first kappa shape index (κ1) is 13.8. The first-order valence-corrected chi connectivity index (χ1v) is 7.61. The first-order chi connectivity index (χ1) is 9.01. The Labute approximate surface area is 116 Å². The van der Waals surface area contributed by atoms with Crippen LogP contribution in [0, 0.1) is 13.8 Å². The summed E-state index contributed by atoms with van der Waals surface area (Å²) >= 11 is 0. The molecule has 0 radical (unpaired) electrons. The predicted octanol–water partition coefficient (Wildman–Crippen LogP) is 2.41. The summed E-state index contributed by atoms with van der Waals surface area (Å²) in [6, 6.07) is 7.61. The van der Waals surface area contributed by atoms with Gasteiger partial charge in [0.05, 0.1) is 32.8 Å². The number of nitrogens with two attached hydrogens (primary N) is 1. The van der Waals surface area contributed by atoms with Crippen LogP contribution in [0.3, 0.4) is 0 Å². The van der Waals surface area contributed by atoms with Crippen molar-refractivity contribution in [3.63, 3.8) is 0 Å². The van der Waals surface area contributed by atoms with Crippen LogP contribution < -0.4 is 5.73 Å². The number of nitrogens with zero attached hydrogens (tertiary/aromatic N) is 2. The molecule has 4 nitrogen and oxygen atoms in total. The SMILES string of the molecule is CCn1nc(C)cc1CS(=O)c1cc(C)ccc1N. The van der Waals surface area contributed by atoms with Crippen molar-refractivity contribution < 1.29 is 4.21 Å². The van der Waals surface area contributed by atoms with Crippen LogP contribution in [0.4, 0.5) is 5.69 Å². The minimum absolute atomic E-state index is 0.447. The molecule has 0 aliphatic carbocycles. The first-order valence-electron chi connectivity index (χ1n) is 6.29. The lowest BCUT2D eigenvalue weighted by atomic mass is 10.2. The average molecular weight is 277 g/mol. The molecule has 0 saturated carbocycles.